The lowest BCUT2D eigenvalue weighted by Gasteiger charge is -2.39. The van der Waals surface area contributed by atoms with Crippen LogP contribution in [0.3, 0.4) is 0 Å². The predicted octanol–water partition coefficient (Wildman–Crippen LogP) is -0.223. The fourth-order valence-electron chi connectivity index (χ4n) is 3.28. The molecule has 3 aliphatic rings. The summed E-state index contributed by atoms with van der Waals surface area (Å²) in [5.74, 6) is 1.29. The first-order chi connectivity index (χ1) is 9.33. The molecule has 5 heteroatoms. The Morgan fingerprint density at radius 2 is 2.00 bits per heavy atom. The number of nitrogens with one attached hydrogen (secondary N) is 1. The van der Waals surface area contributed by atoms with E-state index >= 15 is 0 Å². The number of hydrogen-bond donors (Lipinski definition) is 1. The highest BCUT2D eigenvalue weighted by Crippen LogP contribution is 2.20. The SMILES string of the molecule is O=C(C1CNC1)N1CCCC(CN2CCOCC2)C1. The molecule has 108 valence electrons. The van der Waals surface area contributed by atoms with Crippen molar-refractivity contribution in [2.24, 2.45) is 11.8 Å². The molecular formula is C14H25N3O2. The van der Waals surface area contributed by atoms with Crippen LogP contribution in [0, 0.1) is 11.8 Å². The van der Waals surface area contributed by atoms with Gasteiger partial charge in [0.15, 0.2) is 0 Å². The highest BCUT2D eigenvalue weighted by Gasteiger charge is 2.32. The molecule has 3 saturated heterocycles. The van der Waals surface area contributed by atoms with Gasteiger partial charge < -0.3 is 15.0 Å². The van der Waals surface area contributed by atoms with Crippen molar-refractivity contribution in [3.8, 4) is 0 Å². The molecular weight excluding hydrogens is 242 g/mol. The first kappa shape index (κ1) is 13.3. The highest BCUT2D eigenvalue weighted by atomic mass is 16.5. The summed E-state index contributed by atoms with van der Waals surface area (Å²) < 4.78 is 5.39. The Hall–Kier alpha value is -0.650. The summed E-state index contributed by atoms with van der Waals surface area (Å²) in [6, 6.07) is 0. The molecule has 3 aliphatic heterocycles. The van der Waals surface area contributed by atoms with Crippen molar-refractivity contribution >= 4 is 5.91 Å². The average molecular weight is 267 g/mol. The van der Waals surface area contributed by atoms with Crippen LogP contribution in [-0.2, 0) is 9.53 Å². The number of amides is 1. The van der Waals surface area contributed by atoms with E-state index in [4.69, 9.17) is 4.74 Å². The van der Waals surface area contributed by atoms with Gasteiger partial charge in [0.25, 0.3) is 0 Å². The maximum Gasteiger partial charge on any atom is 0.228 e. The van der Waals surface area contributed by atoms with Crippen LogP contribution in [0.2, 0.25) is 0 Å². The molecule has 19 heavy (non-hydrogen) atoms. The third kappa shape index (κ3) is 3.27. The molecule has 0 aromatic carbocycles. The molecule has 1 atom stereocenters. The fourth-order valence-corrected chi connectivity index (χ4v) is 3.28. The van der Waals surface area contributed by atoms with Crippen LogP contribution in [0.5, 0.6) is 0 Å². The van der Waals surface area contributed by atoms with E-state index in [-0.39, 0.29) is 5.92 Å². The molecule has 0 radical (unpaired) electrons. The van der Waals surface area contributed by atoms with Gasteiger partial charge in [0.2, 0.25) is 5.91 Å². The largest absolute Gasteiger partial charge is 0.379 e. The minimum Gasteiger partial charge on any atom is -0.379 e. The van der Waals surface area contributed by atoms with Gasteiger partial charge in [0.1, 0.15) is 0 Å². The van der Waals surface area contributed by atoms with Gasteiger partial charge >= 0.3 is 0 Å². The molecule has 0 aliphatic carbocycles. The van der Waals surface area contributed by atoms with Crippen LogP contribution in [0.25, 0.3) is 0 Å². The molecule has 0 aromatic heterocycles. The normalized spacial score (nSPS) is 30.1. The van der Waals surface area contributed by atoms with Crippen LogP contribution in [0.4, 0.5) is 0 Å². The van der Waals surface area contributed by atoms with E-state index in [1.807, 2.05) is 0 Å². The van der Waals surface area contributed by atoms with Crippen molar-refractivity contribution < 1.29 is 9.53 Å². The number of hydrogen-bond acceptors (Lipinski definition) is 4. The first-order valence-electron chi connectivity index (χ1n) is 7.62. The number of carbonyl (C=O) groups excluding carboxylic acids is 1. The lowest BCUT2D eigenvalue weighted by molar-refractivity contribution is -0.139. The summed E-state index contributed by atoms with van der Waals surface area (Å²) in [4.78, 5) is 16.9. The summed E-state index contributed by atoms with van der Waals surface area (Å²) in [7, 11) is 0. The maximum atomic E-state index is 12.3. The fraction of sp³-hybridized carbons (Fsp3) is 0.929. The van der Waals surface area contributed by atoms with E-state index in [9.17, 15) is 4.79 Å². The number of piperidine rings is 1. The van der Waals surface area contributed by atoms with Gasteiger partial charge in [0, 0.05) is 45.8 Å². The zero-order valence-corrected chi connectivity index (χ0v) is 11.6. The van der Waals surface area contributed by atoms with Gasteiger partial charge in [-0.2, -0.15) is 0 Å². The topological polar surface area (TPSA) is 44.8 Å². The van der Waals surface area contributed by atoms with Crippen molar-refractivity contribution in [1.82, 2.24) is 15.1 Å². The van der Waals surface area contributed by atoms with Crippen molar-refractivity contribution in [3.63, 3.8) is 0 Å². The van der Waals surface area contributed by atoms with Gasteiger partial charge in [-0.05, 0) is 18.8 Å². The van der Waals surface area contributed by atoms with Crippen molar-refractivity contribution in [1.29, 1.82) is 0 Å². The Kier molecular flexibility index (Phi) is 4.35. The lowest BCUT2D eigenvalue weighted by Crippen LogP contribution is -2.54. The molecule has 3 fully saturated rings. The van der Waals surface area contributed by atoms with Gasteiger partial charge in [0.05, 0.1) is 19.1 Å². The summed E-state index contributed by atoms with van der Waals surface area (Å²) in [6.45, 7) is 8.66. The zero-order valence-electron chi connectivity index (χ0n) is 11.6. The molecule has 1 amide bonds. The molecule has 3 heterocycles. The number of rotatable bonds is 3. The standard InChI is InChI=1S/C14H25N3O2/c18-14(13-8-15-9-13)17-3-1-2-12(11-17)10-16-4-6-19-7-5-16/h12-13,15H,1-11H2. The molecule has 5 nitrogen and oxygen atoms in total. The molecule has 0 aromatic rings. The molecule has 0 saturated carbocycles. The van der Waals surface area contributed by atoms with E-state index in [0.717, 1.165) is 59.0 Å². The van der Waals surface area contributed by atoms with E-state index in [0.29, 0.717) is 11.8 Å². The summed E-state index contributed by atoms with van der Waals surface area (Å²) in [5, 5.41) is 3.19. The van der Waals surface area contributed by atoms with Crippen LogP contribution in [0.1, 0.15) is 12.8 Å². The van der Waals surface area contributed by atoms with Gasteiger partial charge in [-0.15, -0.1) is 0 Å². The zero-order chi connectivity index (χ0) is 13.1. The number of morpholine rings is 1. The molecule has 1 N–H and O–H groups in total. The monoisotopic (exact) mass is 267 g/mol. The highest BCUT2D eigenvalue weighted by molar-refractivity contribution is 5.80. The summed E-state index contributed by atoms with van der Waals surface area (Å²) in [5.41, 5.74) is 0. The number of nitrogens with zero attached hydrogens (tertiary/aromatic N) is 2. The van der Waals surface area contributed by atoms with Crippen LogP contribution in [-0.4, -0.2) is 74.7 Å². The predicted molar refractivity (Wildman–Crippen MR) is 72.9 cm³/mol. The smallest absolute Gasteiger partial charge is 0.228 e. The maximum absolute atomic E-state index is 12.3. The Labute approximate surface area is 115 Å². The van der Waals surface area contributed by atoms with E-state index in [1.54, 1.807) is 0 Å². The number of ether oxygens (including phenoxy) is 1. The molecule has 3 rings (SSSR count). The third-order valence-electron chi connectivity index (χ3n) is 4.58. The van der Waals surface area contributed by atoms with Crippen molar-refractivity contribution in [2.45, 2.75) is 12.8 Å². The Morgan fingerprint density at radius 3 is 2.68 bits per heavy atom. The second-order valence-electron chi connectivity index (χ2n) is 6.06. The second kappa shape index (κ2) is 6.20. The number of likely N-dealkylation sites (tertiary alicyclic amines) is 1. The summed E-state index contributed by atoms with van der Waals surface area (Å²) >= 11 is 0. The minimum absolute atomic E-state index is 0.252. The molecule has 0 bridgehead atoms. The van der Waals surface area contributed by atoms with Gasteiger partial charge in [-0.25, -0.2) is 0 Å². The van der Waals surface area contributed by atoms with Crippen LogP contribution in [0.15, 0.2) is 0 Å². The quantitative estimate of drug-likeness (QED) is 0.768. The van der Waals surface area contributed by atoms with Crippen molar-refractivity contribution in [3.05, 3.63) is 0 Å². The van der Waals surface area contributed by atoms with Crippen LogP contribution < -0.4 is 5.32 Å². The van der Waals surface area contributed by atoms with E-state index in [2.05, 4.69) is 15.1 Å². The lowest BCUT2D eigenvalue weighted by atomic mass is 9.94. The second-order valence-corrected chi connectivity index (χ2v) is 6.06. The van der Waals surface area contributed by atoms with Crippen LogP contribution >= 0.6 is 0 Å². The summed E-state index contributed by atoms with van der Waals surface area (Å²) in [6.07, 6.45) is 2.44. The van der Waals surface area contributed by atoms with Gasteiger partial charge in [-0.3, -0.25) is 9.69 Å². The Bertz CT molecular complexity index is 314. The third-order valence-corrected chi connectivity index (χ3v) is 4.58. The van der Waals surface area contributed by atoms with Gasteiger partial charge in [-0.1, -0.05) is 0 Å². The van der Waals surface area contributed by atoms with Crippen molar-refractivity contribution in [2.75, 3.05) is 59.0 Å². The number of carbonyl (C=O) groups is 1. The van der Waals surface area contributed by atoms with E-state index in [1.165, 1.54) is 12.8 Å². The molecule has 0 spiro atoms. The molecule has 1 unspecified atom stereocenters. The average Bonchev–Trinajstić information content (AvgIpc) is 2.38. The first-order valence-corrected chi connectivity index (χ1v) is 7.62. The minimum atomic E-state index is 0.252. The van der Waals surface area contributed by atoms with E-state index < -0.39 is 0 Å². The Balaban J connectivity index is 1.48. The Morgan fingerprint density at radius 1 is 1.21 bits per heavy atom.